The second-order valence-electron chi connectivity index (χ2n) is 5.08. The summed E-state index contributed by atoms with van der Waals surface area (Å²) in [5.74, 6) is 0.664. The van der Waals surface area contributed by atoms with Crippen LogP contribution in [0.25, 0.3) is 11.8 Å². The van der Waals surface area contributed by atoms with E-state index in [1.54, 1.807) is 23.0 Å². The highest BCUT2D eigenvalue weighted by molar-refractivity contribution is 5.91. The van der Waals surface area contributed by atoms with E-state index < -0.39 is 0 Å². The Morgan fingerprint density at radius 3 is 2.90 bits per heavy atom. The average Bonchev–Trinajstić information content (AvgIpc) is 3.20. The molecule has 1 heterocycles. The Hall–Kier alpha value is -2.36. The van der Waals surface area contributed by atoms with Crippen molar-refractivity contribution in [2.45, 2.75) is 12.8 Å². The number of hydrogen-bond acceptors (Lipinski definition) is 2. The largest absolute Gasteiger partial charge is 0.352 e. The highest BCUT2D eigenvalue weighted by atomic mass is 16.1. The van der Waals surface area contributed by atoms with Crippen LogP contribution in [0.2, 0.25) is 0 Å². The van der Waals surface area contributed by atoms with E-state index in [4.69, 9.17) is 0 Å². The molecule has 0 aliphatic heterocycles. The van der Waals surface area contributed by atoms with Gasteiger partial charge in [-0.3, -0.25) is 4.79 Å². The second-order valence-corrected chi connectivity index (χ2v) is 5.08. The standard InChI is InChI=1S/C16H17N3O/c20-16(17-10-13-6-7-13)9-8-14-11-18-19(12-14)15-4-2-1-3-5-15/h1-5,8-9,11-13H,6-7,10H2,(H,17,20)/b9-8+. The Kier molecular flexibility index (Phi) is 3.63. The van der Waals surface area contributed by atoms with Gasteiger partial charge < -0.3 is 5.32 Å². The van der Waals surface area contributed by atoms with Crippen LogP contribution in [0.3, 0.4) is 0 Å². The van der Waals surface area contributed by atoms with Crippen molar-refractivity contribution in [2.75, 3.05) is 6.54 Å². The van der Waals surface area contributed by atoms with E-state index in [0.29, 0.717) is 5.92 Å². The number of aromatic nitrogens is 2. The predicted molar refractivity (Wildman–Crippen MR) is 78.3 cm³/mol. The maximum atomic E-state index is 11.6. The second kappa shape index (κ2) is 5.74. The van der Waals surface area contributed by atoms with Gasteiger partial charge in [-0.15, -0.1) is 0 Å². The van der Waals surface area contributed by atoms with Gasteiger partial charge in [-0.25, -0.2) is 4.68 Å². The number of carbonyl (C=O) groups excluding carboxylic acids is 1. The molecule has 3 rings (SSSR count). The molecule has 0 spiro atoms. The van der Waals surface area contributed by atoms with Crippen molar-refractivity contribution in [3.63, 3.8) is 0 Å². The first kappa shape index (κ1) is 12.7. The van der Waals surface area contributed by atoms with Gasteiger partial charge in [-0.05, 0) is 37.0 Å². The van der Waals surface area contributed by atoms with Gasteiger partial charge in [0.2, 0.25) is 5.91 Å². The molecule has 4 heteroatoms. The van der Waals surface area contributed by atoms with E-state index in [9.17, 15) is 4.79 Å². The summed E-state index contributed by atoms with van der Waals surface area (Å²) in [7, 11) is 0. The van der Waals surface area contributed by atoms with E-state index in [2.05, 4.69) is 10.4 Å². The number of benzene rings is 1. The normalized spacial score (nSPS) is 14.6. The number of rotatable bonds is 5. The van der Waals surface area contributed by atoms with Crippen molar-refractivity contribution in [2.24, 2.45) is 5.92 Å². The Bertz CT molecular complexity index is 612. The zero-order valence-corrected chi connectivity index (χ0v) is 11.2. The third-order valence-corrected chi connectivity index (χ3v) is 3.31. The van der Waals surface area contributed by atoms with Crippen molar-refractivity contribution in [1.29, 1.82) is 0 Å². The van der Waals surface area contributed by atoms with Crippen molar-refractivity contribution in [1.82, 2.24) is 15.1 Å². The van der Waals surface area contributed by atoms with E-state index in [1.807, 2.05) is 36.5 Å². The molecule has 0 saturated heterocycles. The minimum Gasteiger partial charge on any atom is -0.352 e. The van der Waals surface area contributed by atoms with E-state index in [1.165, 1.54) is 12.8 Å². The molecule has 1 aliphatic carbocycles. The van der Waals surface area contributed by atoms with Crippen molar-refractivity contribution >= 4 is 12.0 Å². The molecule has 0 atom stereocenters. The van der Waals surface area contributed by atoms with E-state index in [0.717, 1.165) is 17.8 Å². The van der Waals surface area contributed by atoms with Crippen LogP contribution in [-0.2, 0) is 4.79 Å². The number of amides is 1. The molecule has 4 nitrogen and oxygen atoms in total. The molecule has 2 aromatic rings. The average molecular weight is 267 g/mol. The van der Waals surface area contributed by atoms with Crippen molar-refractivity contribution in [3.8, 4) is 5.69 Å². The van der Waals surface area contributed by atoms with Crippen LogP contribution in [-0.4, -0.2) is 22.2 Å². The van der Waals surface area contributed by atoms with Gasteiger partial charge in [0.05, 0.1) is 11.9 Å². The summed E-state index contributed by atoms with van der Waals surface area (Å²) >= 11 is 0. The quantitative estimate of drug-likeness (QED) is 0.846. The summed E-state index contributed by atoms with van der Waals surface area (Å²) in [4.78, 5) is 11.6. The minimum absolute atomic E-state index is 0.0376. The number of carbonyl (C=O) groups is 1. The maximum absolute atomic E-state index is 11.6. The molecular weight excluding hydrogens is 250 g/mol. The Balaban J connectivity index is 1.60. The molecule has 0 unspecified atom stereocenters. The topological polar surface area (TPSA) is 46.9 Å². The van der Waals surface area contributed by atoms with Crippen molar-refractivity contribution < 1.29 is 4.79 Å². The third kappa shape index (κ3) is 3.35. The van der Waals surface area contributed by atoms with Crippen LogP contribution in [0.1, 0.15) is 18.4 Å². The highest BCUT2D eigenvalue weighted by Crippen LogP contribution is 2.27. The fourth-order valence-electron chi connectivity index (χ4n) is 1.94. The highest BCUT2D eigenvalue weighted by Gasteiger charge is 2.20. The molecule has 20 heavy (non-hydrogen) atoms. The van der Waals surface area contributed by atoms with Crippen LogP contribution in [0.15, 0.2) is 48.8 Å². The zero-order valence-electron chi connectivity index (χ0n) is 11.2. The summed E-state index contributed by atoms with van der Waals surface area (Å²) in [6, 6.07) is 9.89. The molecular formula is C16H17N3O. The molecule has 102 valence electrons. The summed E-state index contributed by atoms with van der Waals surface area (Å²) < 4.78 is 1.79. The molecule has 1 saturated carbocycles. The fourth-order valence-corrected chi connectivity index (χ4v) is 1.94. The Labute approximate surface area is 118 Å². The van der Waals surface area contributed by atoms with Gasteiger partial charge in [0, 0.05) is 24.4 Å². The van der Waals surface area contributed by atoms with Gasteiger partial charge in [-0.2, -0.15) is 5.10 Å². The number of nitrogens with zero attached hydrogens (tertiary/aromatic N) is 2. The summed E-state index contributed by atoms with van der Waals surface area (Å²) in [5, 5.41) is 7.18. The van der Waals surface area contributed by atoms with Gasteiger partial charge in [0.15, 0.2) is 0 Å². The monoisotopic (exact) mass is 267 g/mol. The van der Waals surface area contributed by atoms with Crippen LogP contribution in [0.4, 0.5) is 0 Å². The van der Waals surface area contributed by atoms with Gasteiger partial charge in [-0.1, -0.05) is 18.2 Å². The van der Waals surface area contributed by atoms with Gasteiger partial charge in [0.25, 0.3) is 0 Å². The summed E-state index contributed by atoms with van der Waals surface area (Å²) in [6.07, 6.45) is 9.49. The molecule has 1 aromatic heterocycles. The Morgan fingerprint density at radius 1 is 1.35 bits per heavy atom. The fraction of sp³-hybridized carbons (Fsp3) is 0.250. The number of hydrogen-bond donors (Lipinski definition) is 1. The molecule has 1 aliphatic rings. The number of para-hydroxylation sites is 1. The lowest BCUT2D eigenvalue weighted by Gasteiger charge is -1.99. The maximum Gasteiger partial charge on any atom is 0.244 e. The van der Waals surface area contributed by atoms with Gasteiger partial charge >= 0.3 is 0 Å². The Morgan fingerprint density at radius 2 is 2.15 bits per heavy atom. The lowest BCUT2D eigenvalue weighted by molar-refractivity contribution is -0.116. The third-order valence-electron chi connectivity index (χ3n) is 3.31. The molecule has 1 N–H and O–H groups in total. The lowest BCUT2D eigenvalue weighted by Crippen LogP contribution is -2.23. The van der Waals surface area contributed by atoms with Crippen LogP contribution < -0.4 is 5.32 Å². The first-order valence-corrected chi connectivity index (χ1v) is 6.87. The lowest BCUT2D eigenvalue weighted by atomic mass is 10.3. The van der Waals surface area contributed by atoms with Crippen LogP contribution in [0.5, 0.6) is 0 Å². The molecule has 1 amide bonds. The van der Waals surface area contributed by atoms with Crippen molar-refractivity contribution in [3.05, 3.63) is 54.4 Å². The first-order chi connectivity index (χ1) is 9.81. The van der Waals surface area contributed by atoms with E-state index >= 15 is 0 Å². The predicted octanol–water partition coefficient (Wildman–Crippen LogP) is 2.41. The SMILES string of the molecule is O=C(/C=C/c1cnn(-c2ccccc2)c1)NCC1CC1. The van der Waals surface area contributed by atoms with Crippen LogP contribution >= 0.6 is 0 Å². The smallest absolute Gasteiger partial charge is 0.244 e. The summed E-state index contributed by atoms with van der Waals surface area (Å²) in [5.41, 5.74) is 1.92. The molecule has 0 bridgehead atoms. The number of nitrogens with one attached hydrogen (secondary N) is 1. The van der Waals surface area contributed by atoms with Gasteiger partial charge in [0.1, 0.15) is 0 Å². The van der Waals surface area contributed by atoms with E-state index in [-0.39, 0.29) is 5.91 Å². The molecule has 0 radical (unpaired) electrons. The minimum atomic E-state index is -0.0376. The zero-order chi connectivity index (χ0) is 13.8. The molecule has 1 fully saturated rings. The summed E-state index contributed by atoms with van der Waals surface area (Å²) in [6.45, 7) is 0.798. The molecule has 1 aromatic carbocycles. The first-order valence-electron chi connectivity index (χ1n) is 6.87. The van der Waals surface area contributed by atoms with Crippen LogP contribution in [0, 0.1) is 5.92 Å².